The molecule has 26 heavy (non-hydrogen) atoms. The van der Waals surface area contributed by atoms with Crippen molar-refractivity contribution in [2.45, 2.75) is 38.6 Å². The molecular weight excluding hydrogens is 336 g/mol. The minimum atomic E-state index is -1.07. The van der Waals surface area contributed by atoms with Crippen LogP contribution >= 0.6 is 0 Å². The van der Waals surface area contributed by atoms with Crippen LogP contribution in [0, 0.1) is 6.92 Å². The minimum absolute atomic E-state index is 0.0377. The number of carbonyl (C=O) groups excluding carboxylic acids is 1. The van der Waals surface area contributed by atoms with Crippen molar-refractivity contribution in [1.29, 1.82) is 0 Å². The van der Waals surface area contributed by atoms with Crippen LogP contribution in [0.15, 0.2) is 29.4 Å². The van der Waals surface area contributed by atoms with E-state index in [1.54, 1.807) is 0 Å². The van der Waals surface area contributed by atoms with Gasteiger partial charge in [-0.1, -0.05) is 6.07 Å². The smallest absolute Gasteiger partial charge is 0.326 e. The number of rotatable bonds is 9. The molecule has 140 valence electrons. The zero-order valence-corrected chi connectivity index (χ0v) is 14.7. The predicted octanol–water partition coefficient (Wildman–Crippen LogP) is 0.198. The second-order valence-electron chi connectivity index (χ2n) is 5.98. The van der Waals surface area contributed by atoms with Gasteiger partial charge in [0.15, 0.2) is 5.96 Å². The van der Waals surface area contributed by atoms with E-state index in [0.717, 1.165) is 17.0 Å². The number of carbonyl (C=O) groups is 2. The lowest BCUT2D eigenvalue weighted by Gasteiger charge is -2.14. The summed E-state index contributed by atoms with van der Waals surface area (Å²) in [6, 6.07) is 4.74. The molecule has 0 spiro atoms. The Labute approximate surface area is 151 Å². The Balaban J connectivity index is 1.90. The number of pyridine rings is 1. The average molecular weight is 360 g/mol. The molecule has 0 aromatic carbocycles. The van der Waals surface area contributed by atoms with E-state index in [2.05, 4.69) is 15.3 Å². The molecule has 0 aliphatic rings. The van der Waals surface area contributed by atoms with Crippen LogP contribution < -0.4 is 16.8 Å². The fraction of sp³-hybridized carbons (Fsp3) is 0.412. The molecule has 0 aliphatic carbocycles. The third kappa shape index (κ3) is 5.20. The van der Waals surface area contributed by atoms with Crippen molar-refractivity contribution in [2.24, 2.45) is 16.5 Å². The third-order valence-electron chi connectivity index (χ3n) is 4.00. The Hall–Kier alpha value is -3.10. The SMILES string of the molecule is Cc1nc2ccccn2c1CCC(=O)NC(CCCN=C(N)N)C(=O)O. The van der Waals surface area contributed by atoms with Gasteiger partial charge in [-0.2, -0.15) is 0 Å². The number of aryl methyl sites for hydroxylation is 2. The Morgan fingerprint density at radius 3 is 2.85 bits per heavy atom. The maximum absolute atomic E-state index is 12.2. The Kier molecular flexibility index (Phi) is 6.54. The largest absolute Gasteiger partial charge is 0.480 e. The fourth-order valence-corrected chi connectivity index (χ4v) is 2.72. The minimum Gasteiger partial charge on any atom is -0.480 e. The van der Waals surface area contributed by atoms with Gasteiger partial charge < -0.3 is 26.3 Å². The van der Waals surface area contributed by atoms with Crippen LogP contribution in [-0.4, -0.2) is 44.9 Å². The molecule has 9 nitrogen and oxygen atoms in total. The van der Waals surface area contributed by atoms with E-state index in [9.17, 15) is 14.7 Å². The molecule has 2 rings (SSSR count). The van der Waals surface area contributed by atoms with Gasteiger partial charge in [0.1, 0.15) is 11.7 Å². The van der Waals surface area contributed by atoms with Crippen molar-refractivity contribution in [1.82, 2.24) is 14.7 Å². The molecule has 2 aromatic rings. The lowest BCUT2D eigenvalue weighted by Crippen LogP contribution is -2.41. The van der Waals surface area contributed by atoms with Crippen LogP contribution in [0.4, 0.5) is 0 Å². The highest BCUT2D eigenvalue weighted by molar-refractivity contribution is 5.83. The molecule has 6 N–H and O–H groups in total. The van der Waals surface area contributed by atoms with E-state index in [0.29, 0.717) is 19.4 Å². The van der Waals surface area contributed by atoms with E-state index in [4.69, 9.17) is 11.5 Å². The highest BCUT2D eigenvalue weighted by atomic mass is 16.4. The Morgan fingerprint density at radius 1 is 1.38 bits per heavy atom. The summed E-state index contributed by atoms with van der Waals surface area (Å²) in [5.41, 5.74) is 13.1. The molecule has 0 saturated heterocycles. The van der Waals surface area contributed by atoms with E-state index in [1.165, 1.54) is 0 Å². The van der Waals surface area contributed by atoms with Gasteiger partial charge in [-0.15, -0.1) is 0 Å². The molecule has 1 atom stereocenters. The van der Waals surface area contributed by atoms with Gasteiger partial charge in [-0.05, 0) is 38.3 Å². The van der Waals surface area contributed by atoms with Gasteiger partial charge in [-0.3, -0.25) is 9.79 Å². The number of hydrogen-bond acceptors (Lipinski definition) is 4. The van der Waals surface area contributed by atoms with E-state index < -0.39 is 12.0 Å². The maximum atomic E-state index is 12.2. The van der Waals surface area contributed by atoms with Crippen LogP contribution in [0.5, 0.6) is 0 Å². The number of imidazole rings is 1. The summed E-state index contributed by atoms with van der Waals surface area (Å²) in [5.74, 6) is -1.43. The number of guanidine groups is 1. The van der Waals surface area contributed by atoms with Crippen LogP contribution in [0.2, 0.25) is 0 Å². The van der Waals surface area contributed by atoms with Gasteiger partial charge >= 0.3 is 5.97 Å². The summed E-state index contributed by atoms with van der Waals surface area (Å²) < 4.78 is 1.94. The number of aliphatic carboxylic acids is 1. The number of hydrogen-bond donors (Lipinski definition) is 4. The topological polar surface area (TPSA) is 148 Å². The first kappa shape index (κ1) is 19.2. The van der Waals surface area contributed by atoms with Crippen LogP contribution in [-0.2, 0) is 16.0 Å². The summed E-state index contributed by atoms with van der Waals surface area (Å²) >= 11 is 0. The van der Waals surface area contributed by atoms with Crippen molar-refractivity contribution >= 4 is 23.5 Å². The average Bonchev–Trinajstić information content (AvgIpc) is 2.90. The molecule has 0 radical (unpaired) electrons. The summed E-state index contributed by atoms with van der Waals surface area (Å²) in [6.45, 7) is 2.22. The number of aliphatic imine (C=N–C) groups is 1. The summed E-state index contributed by atoms with van der Waals surface area (Å²) in [5, 5.41) is 11.8. The Bertz CT molecular complexity index is 810. The molecule has 1 amide bonds. The predicted molar refractivity (Wildman–Crippen MR) is 97.7 cm³/mol. The van der Waals surface area contributed by atoms with Gasteiger partial charge in [0.2, 0.25) is 5.91 Å². The number of fused-ring (bicyclic) bond motifs is 1. The number of nitrogens with zero attached hydrogens (tertiary/aromatic N) is 3. The van der Waals surface area contributed by atoms with Crippen molar-refractivity contribution in [3.8, 4) is 0 Å². The summed E-state index contributed by atoms with van der Waals surface area (Å²) in [7, 11) is 0. The highest BCUT2D eigenvalue weighted by Gasteiger charge is 2.20. The van der Waals surface area contributed by atoms with Crippen LogP contribution in [0.3, 0.4) is 0 Å². The molecule has 1 unspecified atom stereocenters. The second kappa shape index (κ2) is 8.84. The molecule has 2 aromatic heterocycles. The first-order valence-electron chi connectivity index (χ1n) is 8.38. The van der Waals surface area contributed by atoms with E-state index >= 15 is 0 Å². The normalized spacial score (nSPS) is 11.9. The van der Waals surface area contributed by atoms with Gasteiger partial charge in [0.25, 0.3) is 0 Å². The molecule has 9 heteroatoms. The second-order valence-corrected chi connectivity index (χ2v) is 5.98. The van der Waals surface area contributed by atoms with Crippen molar-refractivity contribution < 1.29 is 14.7 Å². The van der Waals surface area contributed by atoms with Gasteiger partial charge in [0, 0.05) is 24.9 Å². The number of aromatic nitrogens is 2. The number of amides is 1. The molecule has 0 aliphatic heterocycles. The third-order valence-corrected chi connectivity index (χ3v) is 4.00. The van der Waals surface area contributed by atoms with Crippen molar-refractivity contribution in [3.63, 3.8) is 0 Å². The monoisotopic (exact) mass is 360 g/mol. The number of carboxylic acids is 1. The van der Waals surface area contributed by atoms with Crippen LogP contribution in [0.1, 0.15) is 30.7 Å². The molecular formula is C17H24N6O3. The standard InChI is InChI=1S/C17H24N6O3/c1-11-13(23-10-3-2-6-14(23)21-11)7-8-15(24)22-12(16(25)26)5-4-9-20-17(18)19/h2-3,6,10,12H,4-5,7-9H2,1H3,(H,22,24)(H,25,26)(H4,18,19,20). The van der Waals surface area contributed by atoms with Crippen molar-refractivity contribution in [2.75, 3.05) is 6.54 Å². The van der Waals surface area contributed by atoms with Gasteiger partial charge in [-0.25, -0.2) is 9.78 Å². The molecule has 2 heterocycles. The first-order valence-corrected chi connectivity index (χ1v) is 8.38. The first-order chi connectivity index (χ1) is 12.4. The van der Waals surface area contributed by atoms with Gasteiger partial charge in [0.05, 0.1) is 5.69 Å². The Morgan fingerprint density at radius 2 is 2.15 bits per heavy atom. The zero-order valence-electron chi connectivity index (χ0n) is 14.7. The zero-order chi connectivity index (χ0) is 19.1. The van der Waals surface area contributed by atoms with E-state index in [1.807, 2.05) is 35.7 Å². The lowest BCUT2D eigenvalue weighted by molar-refractivity contribution is -0.142. The lowest BCUT2D eigenvalue weighted by atomic mass is 10.1. The molecule has 0 saturated carbocycles. The maximum Gasteiger partial charge on any atom is 0.326 e. The molecule has 0 fully saturated rings. The van der Waals surface area contributed by atoms with E-state index in [-0.39, 0.29) is 24.7 Å². The summed E-state index contributed by atoms with van der Waals surface area (Å²) in [6.07, 6.45) is 3.27. The molecule has 0 bridgehead atoms. The summed E-state index contributed by atoms with van der Waals surface area (Å²) in [4.78, 5) is 31.7. The highest BCUT2D eigenvalue weighted by Crippen LogP contribution is 2.13. The van der Waals surface area contributed by atoms with Crippen molar-refractivity contribution in [3.05, 3.63) is 35.8 Å². The number of carboxylic acid groups (broad SMARTS) is 1. The quantitative estimate of drug-likeness (QED) is 0.285. The number of nitrogens with one attached hydrogen (secondary N) is 1. The van der Waals surface area contributed by atoms with Crippen LogP contribution in [0.25, 0.3) is 5.65 Å². The number of nitrogens with two attached hydrogens (primary N) is 2. The fourth-order valence-electron chi connectivity index (χ4n) is 2.72.